The fourth-order valence-electron chi connectivity index (χ4n) is 6.63. The third-order valence-electron chi connectivity index (χ3n) is 8.73. The van der Waals surface area contributed by atoms with Crippen molar-refractivity contribution in [3.05, 3.63) is 77.6 Å². The number of amides is 1. The summed E-state index contributed by atoms with van der Waals surface area (Å²) in [6, 6.07) is 14.2. The molecule has 3 aromatic rings. The van der Waals surface area contributed by atoms with E-state index in [1.165, 1.54) is 6.07 Å². The van der Waals surface area contributed by atoms with Crippen molar-refractivity contribution in [1.82, 2.24) is 19.8 Å². The van der Waals surface area contributed by atoms with Gasteiger partial charge in [-0.2, -0.15) is 0 Å². The normalized spacial score (nSPS) is 16.8. The number of hydrogen-bond donors (Lipinski definition) is 1. The van der Waals surface area contributed by atoms with Crippen LogP contribution in [0, 0.1) is 11.2 Å². The number of aryl methyl sites for hydroxylation is 1. The number of halogens is 1. The first-order chi connectivity index (χ1) is 21.0. The van der Waals surface area contributed by atoms with Crippen molar-refractivity contribution in [3.8, 4) is 11.4 Å². The van der Waals surface area contributed by atoms with E-state index in [1.807, 2.05) is 43.5 Å². The lowest BCUT2D eigenvalue weighted by molar-refractivity contribution is -0.148. The summed E-state index contributed by atoms with van der Waals surface area (Å²) in [5.41, 5.74) is 2.29. The van der Waals surface area contributed by atoms with Crippen LogP contribution in [0.15, 0.2) is 54.9 Å². The monoisotopic (exact) mass is 604 g/mol. The number of alkyl carbamates (subject to hydrolysis) is 1. The van der Waals surface area contributed by atoms with Gasteiger partial charge in [0.15, 0.2) is 0 Å². The average molecular weight is 605 g/mol. The second-order valence-corrected chi connectivity index (χ2v) is 13.3. The van der Waals surface area contributed by atoms with Gasteiger partial charge < -0.3 is 24.3 Å². The number of likely N-dealkylation sites (tertiary alicyclic amines) is 1. The molecular weight excluding hydrogens is 559 g/mol. The maximum absolute atomic E-state index is 14.4. The summed E-state index contributed by atoms with van der Waals surface area (Å²) in [6.07, 6.45) is 7.10. The van der Waals surface area contributed by atoms with E-state index in [9.17, 15) is 14.0 Å². The molecule has 2 aliphatic heterocycles. The van der Waals surface area contributed by atoms with Gasteiger partial charge in [-0.3, -0.25) is 4.79 Å². The van der Waals surface area contributed by atoms with E-state index in [2.05, 4.69) is 17.1 Å². The predicted molar refractivity (Wildman–Crippen MR) is 168 cm³/mol. The summed E-state index contributed by atoms with van der Waals surface area (Å²) in [5, 5.41) is 2.86. The number of fused-ring (bicyclic) bond motifs is 3. The molecule has 236 valence electrons. The van der Waals surface area contributed by atoms with Gasteiger partial charge >= 0.3 is 12.1 Å². The molecule has 2 aromatic carbocycles. The molecule has 0 aliphatic carbocycles. The van der Waals surface area contributed by atoms with Crippen LogP contribution in [0.3, 0.4) is 0 Å². The molecule has 1 unspecified atom stereocenters. The fraction of sp³-hybridized carbons (Fsp3) is 0.514. The summed E-state index contributed by atoms with van der Waals surface area (Å²) in [5.74, 6) is -0.0245. The Labute approximate surface area is 259 Å². The van der Waals surface area contributed by atoms with E-state index in [0.717, 1.165) is 48.6 Å². The highest BCUT2D eigenvalue weighted by Crippen LogP contribution is 2.39. The van der Waals surface area contributed by atoms with Crippen molar-refractivity contribution in [2.24, 2.45) is 5.41 Å². The summed E-state index contributed by atoms with van der Waals surface area (Å²) in [4.78, 5) is 34.1. The maximum atomic E-state index is 14.4. The number of aromatic nitrogens is 2. The summed E-state index contributed by atoms with van der Waals surface area (Å²) < 4.78 is 27.5. The summed E-state index contributed by atoms with van der Waals surface area (Å²) in [7, 11) is 0. The third-order valence-corrected chi connectivity index (χ3v) is 8.73. The number of carbonyl (C=O) groups is 2. The zero-order valence-corrected chi connectivity index (χ0v) is 26.4. The number of esters is 1. The van der Waals surface area contributed by atoms with Crippen molar-refractivity contribution in [2.75, 3.05) is 19.6 Å². The van der Waals surface area contributed by atoms with E-state index in [-0.39, 0.29) is 17.8 Å². The molecule has 1 N–H and O–H groups in total. The van der Waals surface area contributed by atoms with Gasteiger partial charge in [0.1, 0.15) is 17.2 Å². The van der Waals surface area contributed by atoms with Crippen LogP contribution in [0.25, 0.3) is 5.69 Å². The second-order valence-electron chi connectivity index (χ2n) is 13.3. The molecule has 1 saturated heterocycles. The molecule has 5 rings (SSSR count). The Morgan fingerprint density at radius 1 is 1.07 bits per heavy atom. The molecule has 44 heavy (non-hydrogen) atoms. The van der Waals surface area contributed by atoms with Gasteiger partial charge in [-0.05, 0) is 122 Å². The van der Waals surface area contributed by atoms with Crippen LogP contribution >= 0.6 is 0 Å². The highest BCUT2D eigenvalue weighted by molar-refractivity contribution is 5.79. The van der Waals surface area contributed by atoms with Crippen molar-refractivity contribution in [1.29, 1.82) is 0 Å². The standard InChI is InChI=1S/C35H45FN4O4/c1-25(39-19-8-9-20-39)22-35(32(41)43-28-11-6-5-7-12-28,17-10-18-37-33(42)44-34(2,3)4)23-29-31-15-13-26-21-27(36)14-16-30(26)40(31)24-38-29/h5-7,11-12,14,16,21,24-25H,8-10,13,15,17-20,22-23H2,1-4H3,(H,37,42)/t25-,35?/m0/s1. The van der Waals surface area contributed by atoms with Crippen LogP contribution in [0.4, 0.5) is 9.18 Å². The lowest BCUT2D eigenvalue weighted by Crippen LogP contribution is -2.44. The van der Waals surface area contributed by atoms with E-state index < -0.39 is 17.1 Å². The molecule has 0 bridgehead atoms. The number of nitrogens with zero attached hydrogens (tertiary/aromatic N) is 3. The molecule has 0 spiro atoms. The molecule has 0 saturated carbocycles. The van der Waals surface area contributed by atoms with Crippen LogP contribution < -0.4 is 10.1 Å². The molecule has 1 fully saturated rings. The Hall–Kier alpha value is -3.72. The van der Waals surface area contributed by atoms with Gasteiger partial charge in [-0.15, -0.1) is 0 Å². The van der Waals surface area contributed by atoms with Crippen molar-refractivity contribution in [2.45, 2.75) is 90.7 Å². The van der Waals surface area contributed by atoms with E-state index in [4.69, 9.17) is 14.5 Å². The minimum Gasteiger partial charge on any atom is -0.444 e. The SMILES string of the molecule is C[C@@H](CC(CCCNC(=O)OC(C)(C)C)(Cc1ncn2c1CCc1cc(F)ccc1-2)C(=O)Oc1ccccc1)N1CCCC1. The zero-order valence-electron chi connectivity index (χ0n) is 26.4. The second kappa shape index (κ2) is 13.5. The minimum absolute atomic E-state index is 0.154. The number of rotatable bonds is 11. The Morgan fingerprint density at radius 2 is 1.82 bits per heavy atom. The molecule has 0 radical (unpaired) electrons. The number of imidazole rings is 1. The Morgan fingerprint density at radius 3 is 2.55 bits per heavy atom. The highest BCUT2D eigenvalue weighted by Gasteiger charge is 2.44. The molecule has 9 heteroatoms. The number of benzene rings is 2. The van der Waals surface area contributed by atoms with Crippen LogP contribution in [0.5, 0.6) is 5.75 Å². The topological polar surface area (TPSA) is 85.7 Å². The Bertz CT molecular complexity index is 1440. The smallest absolute Gasteiger partial charge is 0.407 e. The summed E-state index contributed by atoms with van der Waals surface area (Å²) in [6.45, 7) is 10.1. The highest BCUT2D eigenvalue weighted by atomic mass is 19.1. The number of hydrogen-bond acceptors (Lipinski definition) is 6. The van der Waals surface area contributed by atoms with E-state index in [1.54, 1.807) is 30.6 Å². The molecular formula is C35H45FN4O4. The van der Waals surface area contributed by atoms with Gasteiger partial charge in [0.25, 0.3) is 0 Å². The quantitative estimate of drug-likeness (QED) is 0.154. The first kappa shape index (κ1) is 31.7. The van der Waals surface area contributed by atoms with Crippen LogP contribution in [-0.4, -0.2) is 57.8 Å². The van der Waals surface area contributed by atoms with Crippen molar-refractivity contribution in [3.63, 3.8) is 0 Å². The maximum Gasteiger partial charge on any atom is 0.407 e. The van der Waals surface area contributed by atoms with Crippen molar-refractivity contribution >= 4 is 12.1 Å². The van der Waals surface area contributed by atoms with E-state index in [0.29, 0.717) is 50.8 Å². The number of nitrogens with one attached hydrogen (secondary N) is 1. The molecule has 3 heterocycles. The number of para-hydroxylation sites is 1. The lowest BCUT2D eigenvalue weighted by Gasteiger charge is -2.37. The first-order valence-electron chi connectivity index (χ1n) is 15.9. The van der Waals surface area contributed by atoms with Crippen LogP contribution in [-0.2, 0) is 28.8 Å². The average Bonchev–Trinajstić information content (AvgIpc) is 3.65. The lowest BCUT2D eigenvalue weighted by atomic mass is 9.73. The van der Waals surface area contributed by atoms with Crippen LogP contribution in [0.1, 0.15) is 76.8 Å². The third kappa shape index (κ3) is 7.67. The number of carbonyl (C=O) groups excluding carboxylic acids is 2. The molecule has 1 amide bonds. The predicted octanol–water partition coefficient (Wildman–Crippen LogP) is 6.42. The van der Waals surface area contributed by atoms with Gasteiger partial charge in [0.2, 0.25) is 0 Å². The molecule has 2 atom stereocenters. The Kier molecular flexibility index (Phi) is 9.73. The van der Waals surface area contributed by atoms with Gasteiger partial charge in [0, 0.05) is 24.7 Å². The van der Waals surface area contributed by atoms with Gasteiger partial charge in [-0.25, -0.2) is 14.2 Å². The van der Waals surface area contributed by atoms with Gasteiger partial charge in [0.05, 0.1) is 23.1 Å². The van der Waals surface area contributed by atoms with Crippen molar-refractivity contribution < 1.29 is 23.5 Å². The minimum atomic E-state index is -0.897. The fourth-order valence-corrected chi connectivity index (χ4v) is 6.63. The summed E-state index contributed by atoms with van der Waals surface area (Å²) >= 11 is 0. The Balaban J connectivity index is 1.46. The van der Waals surface area contributed by atoms with Crippen LogP contribution in [0.2, 0.25) is 0 Å². The molecule has 2 aliphatic rings. The molecule has 8 nitrogen and oxygen atoms in total. The van der Waals surface area contributed by atoms with Gasteiger partial charge in [-0.1, -0.05) is 18.2 Å². The first-order valence-corrected chi connectivity index (χ1v) is 15.9. The zero-order chi connectivity index (χ0) is 31.3. The largest absolute Gasteiger partial charge is 0.444 e. The van der Waals surface area contributed by atoms with E-state index >= 15 is 0 Å². The molecule has 1 aromatic heterocycles. The number of ether oxygens (including phenoxy) is 2.